The van der Waals surface area contributed by atoms with Crippen molar-refractivity contribution in [3.05, 3.63) is 17.8 Å². The zero-order valence-corrected chi connectivity index (χ0v) is 11.6. The molecule has 0 bridgehead atoms. The molecule has 0 radical (unpaired) electrons. The number of nitrogens with zero attached hydrogens (tertiary/aromatic N) is 2. The van der Waals surface area contributed by atoms with Crippen LogP contribution in [0.3, 0.4) is 0 Å². The van der Waals surface area contributed by atoms with E-state index in [1.165, 1.54) is 11.9 Å². The highest BCUT2D eigenvalue weighted by molar-refractivity contribution is 5.86. The molecule has 1 heterocycles. The summed E-state index contributed by atoms with van der Waals surface area (Å²) < 4.78 is 10.2. The monoisotopic (exact) mass is 270 g/mol. The molecule has 7 nitrogen and oxygen atoms in total. The van der Waals surface area contributed by atoms with E-state index in [0.717, 1.165) is 6.39 Å². The fraction of sp³-hybridized carbons (Fsp3) is 0.583. The average molecular weight is 270 g/mol. The van der Waals surface area contributed by atoms with Gasteiger partial charge in [-0.2, -0.15) is 0 Å². The van der Waals surface area contributed by atoms with Gasteiger partial charge in [-0.25, -0.2) is 14.6 Å². The number of aromatic nitrogens is 1. The number of oxazole rings is 1. The molecular weight excluding hydrogens is 252 g/mol. The van der Waals surface area contributed by atoms with Gasteiger partial charge in [0.15, 0.2) is 17.8 Å². The van der Waals surface area contributed by atoms with Gasteiger partial charge < -0.3 is 19.2 Å². The summed E-state index contributed by atoms with van der Waals surface area (Å²) in [7, 11) is 1.51. The summed E-state index contributed by atoms with van der Waals surface area (Å²) in [5, 5.41) is 8.95. The number of aromatic carboxylic acids is 1. The zero-order valence-electron chi connectivity index (χ0n) is 11.6. The first-order chi connectivity index (χ1) is 8.63. The van der Waals surface area contributed by atoms with Crippen molar-refractivity contribution in [1.82, 2.24) is 9.88 Å². The predicted octanol–water partition coefficient (Wildman–Crippen LogP) is 2.30. The van der Waals surface area contributed by atoms with Gasteiger partial charge in [-0.1, -0.05) is 0 Å². The minimum absolute atomic E-state index is 0.112. The Hall–Kier alpha value is -2.05. The van der Waals surface area contributed by atoms with Crippen LogP contribution >= 0.6 is 0 Å². The summed E-state index contributed by atoms with van der Waals surface area (Å²) in [5.74, 6) is -1.09. The van der Waals surface area contributed by atoms with E-state index in [4.69, 9.17) is 14.3 Å². The smallest absolute Gasteiger partial charge is 0.410 e. The topological polar surface area (TPSA) is 92.9 Å². The molecule has 0 aliphatic carbocycles. The maximum absolute atomic E-state index is 11.9. The van der Waals surface area contributed by atoms with E-state index in [0.29, 0.717) is 0 Å². The van der Waals surface area contributed by atoms with Gasteiger partial charge in [0.2, 0.25) is 0 Å². The highest BCUT2D eigenvalue weighted by Gasteiger charge is 2.29. The number of amides is 1. The molecule has 0 aliphatic rings. The number of rotatable bonds is 3. The summed E-state index contributed by atoms with van der Waals surface area (Å²) in [6.45, 7) is 6.89. The molecule has 1 rings (SSSR count). The number of carbonyl (C=O) groups is 2. The molecule has 0 aromatic carbocycles. The summed E-state index contributed by atoms with van der Waals surface area (Å²) >= 11 is 0. The first kappa shape index (κ1) is 15.0. The van der Waals surface area contributed by atoms with Crippen molar-refractivity contribution in [3.8, 4) is 0 Å². The maximum atomic E-state index is 11.9. The SMILES string of the molecule is C[C@@H](c1ocnc1C(=O)O)N(C)C(=O)OC(C)(C)C. The number of carbonyl (C=O) groups excluding carboxylic acids is 1. The van der Waals surface area contributed by atoms with E-state index in [1.54, 1.807) is 27.7 Å². The van der Waals surface area contributed by atoms with Crippen LogP contribution in [0.2, 0.25) is 0 Å². The van der Waals surface area contributed by atoms with Crippen LogP contribution < -0.4 is 0 Å². The number of hydrogen-bond acceptors (Lipinski definition) is 5. The van der Waals surface area contributed by atoms with Gasteiger partial charge >= 0.3 is 12.1 Å². The molecule has 0 aliphatic heterocycles. The van der Waals surface area contributed by atoms with Crippen LogP contribution in [0.4, 0.5) is 4.79 Å². The summed E-state index contributed by atoms with van der Waals surface area (Å²) in [6.07, 6.45) is 0.478. The van der Waals surface area contributed by atoms with Crippen LogP contribution in [-0.2, 0) is 4.74 Å². The van der Waals surface area contributed by atoms with Gasteiger partial charge in [0.25, 0.3) is 0 Å². The van der Waals surface area contributed by atoms with E-state index < -0.39 is 23.7 Å². The van der Waals surface area contributed by atoms with E-state index in [1.807, 2.05) is 0 Å². The second-order valence-corrected chi connectivity index (χ2v) is 5.14. The van der Waals surface area contributed by atoms with Crippen molar-refractivity contribution < 1.29 is 23.8 Å². The van der Waals surface area contributed by atoms with Gasteiger partial charge in [0.05, 0.1) is 6.04 Å². The third kappa shape index (κ3) is 3.70. The van der Waals surface area contributed by atoms with E-state index in [9.17, 15) is 9.59 Å². The second-order valence-electron chi connectivity index (χ2n) is 5.14. The minimum Gasteiger partial charge on any atom is -0.476 e. The molecule has 1 atom stereocenters. The number of carboxylic acid groups (broad SMARTS) is 1. The molecule has 1 N–H and O–H groups in total. The molecule has 0 fully saturated rings. The standard InChI is InChI=1S/C12H18N2O5/c1-7(9-8(10(15)16)13-6-18-9)14(5)11(17)19-12(2,3)4/h6-7H,1-5H3,(H,15,16)/t7-/m0/s1. The molecule has 106 valence electrons. The fourth-order valence-electron chi connectivity index (χ4n) is 1.38. The Kier molecular flexibility index (Phi) is 4.18. The van der Waals surface area contributed by atoms with Gasteiger partial charge in [-0.15, -0.1) is 0 Å². The number of ether oxygens (including phenoxy) is 1. The van der Waals surface area contributed by atoms with Crippen LogP contribution in [0.1, 0.15) is 50.0 Å². The fourth-order valence-corrected chi connectivity index (χ4v) is 1.38. The second kappa shape index (κ2) is 5.29. The van der Waals surface area contributed by atoms with Crippen molar-refractivity contribution in [2.75, 3.05) is 7.05 Å². The largest absolute Gasteiger partial charge is 0.476 e. The lowest BCUT2D eigenvalue weighted by Crippen LogP contribution is -2.36. The van der Waals surface area contributed by atoms with Crippen molar-refractivity contribution in [1.29, 1.82) is 0 Å². The lowest BCUT2D eigenvalue weighted by Gasteiger charge is -2.27. The molecule has 1 aromatic heterocycles. The highest BCUT2D eigenvalue weighted by atomic mass is 16.6. The van der Waals surface area contributed by atoms with Gasteiger partial charge in [0, 0.05) is 7.05 Å². The summed E-state index contributed by atoms with van der Waals surface area (Å²) in [6, 6.07) is -0.594. The molecule has 1 amide bonds. The Morgan fingerprint density at radius 3 is 2.53 bits per heavy atom. The molecule has 7 heteroatoms. The van der Waals surface area contributed by atoms with E-state index in [-0.39, 0.29) is 11.5 Å². The van der Waals surface area contributed by atoms with Gasteiger partial charge in [-0.3, -0.25) is 0 Å². The summed E-state index contributed by atoms with van der Waals surface area (Å²) in [4.78, 5) is 27.7. The molecule has 0 saturated heterocycles. The molecular formula is C12H18N2O5. The quantitative estimate of drug-likeness (QED) is 0.905. The first-order valence-electron chi connectivity index (χ1n) is 5.76. The Morgan fingerprint density at radius 1 is 1.47 bits per heavy atom. The Morgan fingerprint density at radius 2 is 2.05 bits per heavy atom. The third-order valence-corrected chi connectivity index (χ3v) is 2.44. The normalized spacial score (nSPS) is 12.9. The maximum Gasteiger partial charge on any atom is 0.410 e. The Balaban J connectivity index is 2.87. The highest BCUT2D eigenvalue weighted by Crippen LogP contribution is 2.23. The zero-order chi connectivity index (χ0) is 14.8. The lowest BCUT2D eigenvalue weighted by atomic mass is 10.2. The Bertz CT molecular complexity index is 475. The minimum atomic E-state index is -1.20. The average Bonchev–Trinajstić information content (AvgIpc) is 2.73. The molecule has 0 saturated carbocycles. The Labute approximate surface area is 111 Å². The first-order valence-corrected chi connectivity index (χ1v) is 5.76. The van der Waals surface area contributed by atoms with Crippen molar-refractivity contribution in [2.24, 2.45) is 0 Å². The van der Waals surface area contributed by atoms with Crippen LogP contribution in [0.25, 0.3) is 0 Å². The number of carboxylic acids is 1. The van der Waals surface area contributed by atoms with Crippen LogP contribution in [-0.4, -0.2) is 39.7 Å². The van der Waals surface area contributed by atoms with Crippen molar-refractivity contribution >= 4 is 12.1 Å². The van der Waals surface area contributed by atoms with Gasteiger partial charge in [-0.05, 0) is 27.7 Å². The molecule has 19 heavy (non-hydrogen) atoms. The number of hydrogen-bond donors (Lipinski definition) is 1. The van der Waals surface area contributed by atoms with Crippen molar-refractivity contribution in [3.63, 3.8) is 0 Å². The third-order valence-electron chi connectivity index (χ3n) is 2.44. The van der Waals surface area contributed by atoms with Crippen LogP contribution in [0, 0.1) is 0 Å². The van der Waals surface area contributed by atoms with E-state index >= 15 is 0 Å². The lowest BCUT2D eigenvalue weighted by molar-refractivity contribution is 0.0213. The molecule has 1 aromatic rings. The molecule has 0 spiro atoms. The summed E-state index contributed by atoms with van der Waals surface area (Å²) in [5.41, 5.74) is -0.829. The van der Waals surface area contributed by atoms with Gasteiger partial charge in [0.1, 0.15) is 5.60 Å². The predicted molar refractivity (Wildman–Crippen MR) is 65.9 cm³/mol. The van der Waals surface area contributed by atoms with Crippen molar-refractivity contribution in [2.45, 2.75) is 39.3 Å². The van der Waals surface area contributed by atoms with E-state index in [2.05, 4.69) is 4.98 Å². The van der Waals surface area contributed by atoms with Crippen LogP contribution in [0.15, 0.2) is 10.8 Å². The van der Waals surface area contributed by atoms with Crippen LogP contribution in [0.5, 0.6) is 0 Å². The molecule has 0 unspecified atom stereocenters.